The Morgan fingerprint density at radius 2 is 2.04 bits per heavy atom. The lowest BCUT2D eigenvalue weighted by Gasteiger charge is -2.53. The molecule has 0 spiro atoms. The number of alkyl halides is 1. The zero-order valence-corrected chi connectivity index (χ0v) is 16.0. The standard InChI is InChI=1S/C20H27BrO3/c1-20-9-8-15-14-5-3-13(22)10-12(14)2-4-16(15)17(20)6-7-18(20)24-19(23)11-21/h10,14-18H,2-9,11H2,1H3/t14-,15+,16+,17-,18-,20-/m0/s1. The molecule has 0 radical (unpaired) electrons. The molecular formula is C20H27BrO3. The molecule has 0 aliphatic heterocycles. The topological polar surface area (TPSA) is 43.4 Å². The first-order chi connectivity index (χ1) is 11.5. The van der Waals surface area contributed by atoms with Crippen molar-refractivity contribution in [3.8, 4) is 0 Å². The molecule has 3 nitrogen and oxygen atoms in total. The van der Waals surface area contributed by atoms with E-state index < -0.39 is 0 Å². The molecule has 0 heterocycles. The Hall–Kier alpha value is -0.640. The molecule has 4 rings (SSSR count). The van der Waals surface area contributed by atoms with Crippen LogP contribution in [0.2, 0.25) is 0 Å². The molecule has 0 amide bonds. The van der Waals surface area contributed by atoms with E-state index in [9.17, 15) is 9.59 Å². The van der Waals surface area contributed by atoms with E-state index >= 15 is 0 Å². The highest BCUT2D eigenvalue weighted by Crippen LogP contribution is 2.62. The first-order valence-electron chi connectivity index (χ1n) is 9.51. The molecule has 0 saturated heterocycles. The number of fused-ring (bicyclic) bond motifs is 5. The highest BCUT2D eigenvalue weighted by atomic mass is 79.9. The molecule has 0 aromatic heterocycles. The summed E-state index contributed by atoms with van der Waals surface area (Å²) < 4.78 is 5.79. The third-order valence-electron chi connectivity index (χ3n) is 7.60. The van der Waals surface area contributed by atoms with E-state index in [2.05, 4.69) is 22.9 Å². The van der Waals surface area contributed by atoms with Gasteiger partial charge in [0.05, 0.1) is 0 Å². The van der Waals surface area contributed by atoms with Crippen molar-refractivity contribution in [2.75, 3.05) is 5.33 Å². The summed E-state index contributed by atoms with van der Waals surface area (Å²) in [5, 5.41) is 0.292. The number of allylic oxidation sites excluding steroid dienone is 1. The lowest BCUT2D eigenvalue weighted by molar-refractivity contribution is -0.155. The van der Waals surface area contributed by atoms with Crippen molar-refractivity contribution in [2.45, 2.75) is 64.4 Å². The quantitative estimate of drug-likeness (QED) is 0.513. The molecule has 4 aliphatic rings. The van der Waals surface area contributed by atoms with Crippen LogP contribution in [-0.2, 0) is 14.3 Å². The average Bonchev–Trinajstić information content (AvgIpc) is 2.90. The summed E-state index contributed by atoms with van der Waals surface area (Å²) in [7, 11) is 0. The molecule has 0 N–H and O–H groups in total. The SMILES string of the molecule is C[C@]12CC[C@H]3[C@@H](CCC4=CC(=O)CC[C@@H]43)[C@@H]1CC[C@@H]2OC(=O)CBr. The van der Waals surface area contributed by atoms with Crippen LogP contribution in [0.1, 0.15) is 58.3 Å². The van der Waals surface area contributed by atoms with E-state index in [0.717, 1.165) is 43.9 Å². The first-order valence-corrected chi connectivity index (χ1v) is 10.6. The molecular weight excluding hydrogens is 368 g/mol. The number of ketones is 1. The van der Waals surface area contributed by atoms with Crippen LogP contribution in [0.15, 0.2) is 11.6 Å². The number of carbonyl (C=O) groups excluding carboxylic acids is 2. The second-order valence-corrected chi connectivity index (χ2v) is 9.10. The zero-order valence-electron chi connectivity index (χ0n) is 14.4. The molecule has 132 valence electrons. The second kappa shape index (κ2) is 6.26. The Morgan fingerprint density at radius 3 is 2.83 bits per heavy atom. The van der Waals surface area contributed by atoms with Crippen LogP contribution in [0, 0.1) is 29.1 Å². The van der Waals surface area contributed by atoms with E-state index in [0.29, 0.717) is 22.9 Å². The maximum Gasteiger partial charge on any atom is 0.316 e. The van der Waals surface area contributed by atoms with Crippen molar-refractivity contribution in [3.63, 3.8) is 0 Å². The van der Waals surface area contributed by atoms with Crippen molar-refractivity contribution in [2.24, 2.45) is 29.1 Å². The Morgan fingerprint density at radius 1 is 1.21 bits per heavy atom. The molecule has 0 aromatic carbocycles. The van der Waals surface area contributed by atoms with Gasteiger partial charge in [-0.1, -0.05) is 28.4 Å². The van der Waals surface area contributed by atoms with Gasteiger partial charge in [-0.2, -0.15) is 0 Å². The summed E-state index contributed by atoms with van der Waals surface area (Å²) >= 11 is 3.22. The molecule has 24 heavy (non-hydrogen) atoms. The summed E-state index contributed by atoms with van der Waals surface area (Å²) in [5.41, 5.74) is 1.60. The third kappa shape index (κ3) is 2.60. The summed E-state index contributed by atoms with van der Waals surface area (Å²) in [6.45, 7) is 2.36. The van der Waals surface area contributed by atoms with Gasteiger partial charge in [0.1, 0.15) is 11.4 Å². The maximum absolute atomic E-state index is 11.8. The van der Waals surface area contributed by atoms with Gasteiger partial charge >= 0.3 is 5.97 Å². The second-order valence-electron chi connectivity index (χ2n) is 8.54. The molecule has 6 atom stereocenters. The molecule has 3 fully saturated rings. The monoisotopic (exact) mass is 394 g/mol. The number of hydrogen-bond donors (Lipinski definition) is 0. The van der Waals surface area contributed by atoms with Gasteiger partial charge in [-0.15, -0.1) is 0 Å². The number of halogens is 1. The van der Waals surface area contributed by atoms with Crippen molar-refractivity contribution in [1.29, 1.82) is 0 Å². The van der Waals surface area contributed by atoms with Gasteiger partial charge in [0.15, 0.2) is 5.78 Å². The normalized spacial score (nSPS) is 44.2. The summed E-state index contributed by atoms with van der Waals surface area (Å²) in [6.07, 6.45) is 10.8. The van der Waals surface area contributed by atoms with E-state index in [1.54, 1.807) is 0 Å². The Labute approximate surface area is 152 Å². The minimum Gasteiger partial charge on any atom is -0.461 e. The van der Waals surface area contributed by atoms with Crippen molar-refractivity contribution >= 4 is 27.7 Å². The Kier molecular flexibility index (Phi) is 4.39. The fourth-order valence-electron chi connectivity index (χ4n) is 6.52. The highest BCUT2D eigenvalue weighted by molar-refractivity contribution is 9.09. The number of esters is 1. The van der Waals surface area contributed by atoms with Crippen LogP contribution in [0.4, 0.5) is 0 Å². The predicted octanol–water partition coefficient (Wildman–Crippen LogP) is 4.43. The fraction of sp³-hybridized carbons (Fsp3) is 0.800. The minimum absolute atomic E-state index is 0.0957. The Balaban J connectivity index is 1.54. The van der Waals surface area contributed by atoms with Gasteiger partial charge in [-0.3, -0.25) is 9.59 Å². The summed E-state index contributed by atoms with van der Waals surface area (Å²) in [5.74, 6) is 3.05. The van der Waals surface area contributed by atoms with Gasteiger partial charge in [0.2, 0.25) is 0 Å². The van der Waals surface area contributed by atoms with Crippen LogP contribution in [0.3, 0.4) is 0 Å². The van der Waals surface area contributed by atoms with Gasteiger partial charge < -0.3 is 4.74 Å². The minimum atomic E-state index is -0.122. The van der Waals surface area contributed by atoms with Crippen molar-refractivity contribution in [1.82, 2.24) is 0 Å². The lowest BCUT2D eigenvalue weighted by atomic mass is 9.52. The smallest absolute Gasteiger partial charge is 0.316 e. The maximum atomic E-state index is 11.8. The lowest BCUT2D eigenvalue weighted by Crippen LogP contribution is -2.48. The first kappa shape index (κ1) is 16.8. The Bertz CT molecular complexity index is 583. The molecule has 0 unspecified atom stereocenters. The van der Waals surface area contributed by atoms with Gasteiger partial charge in [-0.25, -0.2) is 0 Å². The molecule has 0 bridgehead atoms. The van der Waals surface area contributed by atoms with Crippen LogP contribution < -0.4 is 0 Å². The third-order valence-corrected chi connectivity index (χ3v) is 8.05. The average molecular weight is 395 g/mol. The zero-order chi connectivity index (χ0) is 16.9. The van der Waals surface area contributed by atoms with Gasteiger partial charge in [-0.05, 0) is 74.7 Å². The van der Waals surface area contributed by atoms with Crippen LogP contribution in [0.5, 0.6) is 0 Å². The largest absolute Gasteiger partial charge is 0.461 e. The van der Waals surface area contributed by atoms with Crippen molar-refractivity contribution < 1.29 is 14.3 Å². The van der Waals surface area contributed by atoms with Gasteiger partial charge in [0, 0.05) is 11.8 Å². The highest BCUT2D eigenvalue weighted by Gasteiger charge is 2.57. The molecule has 4 heteroatoms. The predicted molar refractivity (Wildman–Crippen MR) is 95.8 cm³/mol. The van der Waals surface area contributed by atoms with Crippen LogP contribution in [0.25, 0.3) is 0 Å². The molecule has 3 saturated carbocycles. The number of carbonyl (C=O) groups is 2. The van der Waals surface area contributed by atoms with E-state index in [4.69, 9.17) is 4.74 Å². The number of hydrogen-bond acceptors (Lipinski definition) is 3. The summed E-state index contributed by atoms with van der Waals surface area (Å²) in [4.78, 5) is 23.5. The number of ether oxygens (including phenoxy) is 1. The van der Waals surface area contributed by atoms with Crippen LogP contribution >= 0.6 is 15.9 Å². The van der Waals surface area contributed by atoms with Crippen LogP contribution in [-0.4, -0.2) is 23.2 Å². The van der Waals surface area contributed by atoms with Crippen molar-refractivity contribution in [3.05, 3.63) is 11.6 Å². The van der Waals surface area contributed by atoms with E-state index in [1.807, 2.05) is 6.08 Å². The fourth-order valence-corrected chi connectivity index (χ4v) is 6.65. The molecule has 0 aromatic rings. The van der Waals surface area contributed by atoms with Gasteiger partial charge in [0.25, 0.3) is 0 Å². The van der Waals surface area contributed by atoms with E-state index in [-0.39, 0.29) is 17.5 Å². The number of rotatable bonds is 2. The molecule has 4 aliphatic carbocycles. The summed E-state index contributed by atoms with van der Waals surface area (Å²) in [6, 6.07) is 0. The van der Waals surface area contributed by atoms with E-state index in [1.165, 1.54) is 24.8 Å².